The van der Waals surface area contributed by atoms with E-state index in [-0.39, 0.29) is 0 Å². The fraction of sp³-hybridized carbons (Fsp3) is 0. The summed E-state index contributed by atoms with van der Waals surface area (Å²) in [5.41, 5.74) is 10.9. The van der Waals surface area contributed by atoms with Crippen molar-refractivity contribution in [1.29, 1.82) is 0 Å². The van der Waals surface area contributed by atoms with Crippen LogP contribution in [-0.2, 0) is 0 Å². The van der Waals surface area contributed by atoms with Crippen LogP contribution in [0.1, 0.15) is 0 Å². The number of hydrogen-bond acceptors (Lipinski definition) is 3. The number of benzene rings is 8. The van der Waals surface area contributed by atoms with Crippen molar-refractivity contribution in [2.45, 2.75) is 0 Å². The summed E-state index contributed by atoms with van der Waals surface area (Å²) < 4.78 is 2.35. The number of para-hydroxylation sites is 1. The van der Waals surface area contributed by atoms with Gasteiger partial charge in [-0.2, -0.15) is 0 Å². The number of fused-ring (bicyclic) bond motifs is 4. The fourth-order valence-electron chi connectivity index (χ4n) is 7.37. The maximum Gasteiger partial charge on any atom is 0.164 e. The molecule has 2 heterocycles. The molecule has 0 aliphatic rings. The second-order valence-electron chi connectivity index (χ2n) is 13.3. The second-order valence-corrected chi connectivity index (χ2v) is 13.3. The molecule has 0 saturated carbocycles. The van der Waals surface area contributed by atoms with Gasteiger partial charge in [0.2, 0.25) is 0 Å². The minimum absolute atomic E-state index is 0.630. The first-order valence-corrected chi connectivity index (χ1v) is 17.9. The van der Waals surface area contributed by atoms with Crippen LogP contribution in [0.3, 0.4) is 0 Å². The Hall–Kier alpha value is -7.17. The van der Waals surface area contributed by atoms with Gasteiger partial charge in [0, 0.05) is 33.2 Å². The molecule has 4 heteroatoms. The van der Waals surface area contributed by atoms with E-state index in [1.807, 2.05) is 36.4 Å². The molecule has 53 heavy (non-hydrogen) atoms. The van der Waals surface area contributed by atoms with Crippen LogP contribution in [0.2, 0.25) is 0 Å². The summed E-state index contributed by atoms with van der Waals surface area (Å²) in [5, 5.41) is 4.81. The summed E-state index contributed by atoms with van der Waals surface area (Å²) in [6.45, 7) is 0. The van der Waals surface area contributed by atoms with Crippen molar-refractivity contribution in [3.05, 3.63) is 194 Å². The van der Waals surface area contributed by atoms with E-state index in [0.29, 0.717) is 17.5 Å². The highest BCUT2D eigenvalue weighted by Crippen LogP contribution is 2.36. The number of nitrogens with zero attached hydrogens (tertiary/aromatic N) is 4. The molecule has 8 aromatic carbocycles. The van der Waals surface area contributed by atoms with Crippen molar-refractivity contribution in [3.63, 3.8) is 0 Å². The van der Waals surface area contributed by atoms with Gasteiger partial charge in [-0.25, -0.2) is 15.0 Å². The van der Waals surface area contributed by atoms with Gasteiger partial charge < -0.3 is 4.57 Å². The van der Waals surface area contributed by atoms with Crippen LogP contribution < -0.4 is 0 Å². The Morgan fingerprint density at radius 3 is 1.53 bits per heavy atom. The van der Waals surface area contributed by atoms with Gasteiger partial charge in [0.05, 0.1) is 11.0 Å². The minimum atomic E-state index is 0.630. The van der Waals surface area contributed by atoms with Gasteiger partial charge in [0.15, 0.2) is 17.5 Å². The normalized spacial score (nSPS) is 11.4. The first-order valence-electron chi connectivity index (χ1n) is 17.9. The summed E-state index contributed by atoms with van der Waals surface area (Å²) in [6, 6.07) is 68.2. The maximum atomic E-state index is 5.13. The second kappa shape index (κ2) is 12.9. The van der Waals surface area contributed by atoms with E-state index in [9.17, 15) is 0 Å². The van der Waals surface area contributed by atoms with Crippen LogP contribution in [-0.4, -0.2) is 19.5 Å². The first kappa shape index (κ1) is 30.6. The van der Waals surface area contributed by atoms with Gasteiger partial charge in [0.1, 0.15) is 0 Å². The molecule has 0 N–H and O–H groups in total. The van der Waals surface area contributed by atoms with Crippen molar-refractivity contribution >= 4 is 32.6 Å². The summed E-state index contributed by atoms with van der Waals surface area (Å²) in [6.07, 6.45) is 0. The van der Waals surface area contributed by atoms with Gasteiger partial charge in [-0.3, -0.25) is 0 Å². The van der Waals surface area contributed by atoms with Gasteiger partial charge in [-0.15, -0.1) is 0 Å². The lowest BCUT2D eigenvalue weighted by Crippen LogP contribution is -2.00. The molecule has 4 nitrogen and oxygen atoms in total. The van der Waals surface area contributed by atoms with Crippen LogP contribution in [0.5, 0.6) is 0 Å². The average molecular weight is 677 g/mol. The highest BCUT2D eigenvalue weighted by atomic mass is 15.0. The molecule has 0 saturated heterocycles. The minimum Gasteiger partial charge on any atom is -0.309 e. The zero-order valence-corrected chi connectivity index (χ0v) is 28.8. The van der Waals surface area contributed by atoms with Gasteiger partial charge in [0.25, 0.3) is 0 Å². The van der Waals surface area contributed by atoms with Crippen molar-refractivity contribution in [2.24, 2.45) is 0 Å². The molecule has 0 radical (unpaired) electrons. The lowest BCUT2D eigenvalue weighted by atomic mass is 9.98. The van der Waals surface area contributed by atoms with Crippen molar-refractivity contribution in [3.8, 4) is 62.1 Å². The van der Waals surface area contributed by atoms with Crippen LogP contribution in [0.15, 0.2) is 194 Å². The number of rotatable bonds is 6. The SMILES string of the molecule is c1ccc(-c2cccc(-c3ccc(-c4nc(-c5ccccc5)nc(-c5ccc6c7ccccc7n(-c7ccc8ccccc8c7)c6c5)n4)cc3)c2)cc1. The lowest BCUT2D eigenvalue weighted by Gasteiger charge is -2.11. The highest BCUT2D eigenvalue weighted by molar-refractivity contribution is 6.10. The van der Waals surface area contributed by atoms with Crippen molar-refractivity contribution in [1.82, 2.24) is 19.5 Å². The lowest BCUT2D eigenvalue weighted by molar-refractivity contribution is 1.07. The number of aromatic nitrogens is 4. The predicted molar refractivity (Wildman–Crippen MR) is 219 cm³/mol. The Kier molecular flexibility index (Phi) is 7.43. The van der Waals surface area contributed by atoms with Crippen LogP contribution >= 0.6 is 0 Å². The van der Waals surface area contributed by atoms with Gasteiger partial charge in [-0.1, -0.05) is 164 Å². The third-order valence-electron chi connectivity index (χ3n) is 10.0. The Bertz CT molecular complexity index is 2930. The van der Waals surface area contributed by atoms with Crippen LogP contribution in [0, 0.1) is 0 Å². The zero-order chi connectivity index (χ0) is 35.1. The Balaban J connectivity index is 1.10. The molecular weight excluding hydrogens is 645 g/mol. The van der Waals surface area contributed by atoms with Crippen molar-refractivity contribution in [2.75, 3.05) is 0 Å². The van der Waals surface area contributed by atoms with E-state index < -0.39 is 0 Å². The predicted octanol–water partition coefficient (Wildman–Crippen LogP) is 12.5. The first-order chi connectivity index (χ1) is 26.2. The van der Waals surface area contributed by atoms with E-state index >= 15 is 0 Å². The van der Waals surface area contributed by atoms with Gasteiger partial charge in [-0.05, 0) is 63.4 Å². The van der Waals surface area contributed by atoms with Crippen LogP contribution in [0.25, 0.3) is 94.7 Å². The third-order valence-corrected chi connectivity index (χ3v) is 10.0. The molecule has 0 aliphatic heterocycles. The summed E-state index contributed by atoms with van der Waals surface area (Å²) >= 11 is 0. The Labute approximate surface area is 307 Å². The summed E-state index contributed by atoms with van der Waals surface area (Å²) in [5.74, 6) is 1.90. The zero-order valence-electron chi connectivity index (χ0n) is 28.8. The quantitative estimate of drug-likeness (QED) is 0.176. The maximum absolute atomic E-state index is 5.13. The molecule has 248 valence electrons. The van der Waals surface area contributed by atoms with Crippen molar-refractivity contribution < 1.29 is 0 Å². The largest absolute Gasteiger partial charge is 0.309 e. The molecule has 0 unspecified atom stereocenters. The molecule has 0 atom stereocenters. The smallest absolute Gasteiger partial charge is 0.164 e. The Morgan fingerprint density at radius 2 is 0.792 bits per heavy atom. The molecule has 0 aliphatic carbocycles. The topological polar surface area (TPSA) is 43.6 Å². The monoisotopic (exact) mass is 676 g/mol. The molecule has 10 rings (SSSR count). The third kappa shape index (κ3) is 5.63. The molecule has 0 fully saturated rings. The molecular formula is C49H32N4. The number of hydrogen-bond donors (Lipinski definition) is 0. The summed E-state index contributed by atoms with van der Waals surface area (Å²) in [4.78, 5) is 15.2. The highest BCUT2D eigenvalue weighted by Gasteiger charge is 2.17. The standard InChI is InChI=1S/C49H32N4/c1-3-12-33(13-4-1)38-18-11-19-39(30-38)35-22-24-37(25-23-35)48-50-47(36-15-5-2-6-16-36)51-49(52-48)41-27-29-44-43-20-9-10-21-45(43)53(46(44)32-41)42-28-26-34-14-7-8-17-40(34)31-42/h1-32H. The summed E-state index contributed by atoms with van der Waals surface area (Å²) in [7, 11) is 0. The van der Waals surface area contributed by atoms with Crippen LogP contribution in [0.4, 0.5) is 0 Å². The van der Waals surface area contributed by atoms with Gasteiger partial charge >= 0.3 is 0 Å². The van der Waals surface area contributed by atoms with E-state index in [1.54, 1.807) is 0 Å². The van der Waals surface area contributed by atoms with E-state index in [0.717, 1.165) is 44.5 Å². The molecule has 0 bridgehead atoms. The fourth-order valence-corrected chi connectivity index (χ4v) is 7.37. The molecule has 0 amide bonds. The molecule has 10 aromatic rings. The molecule has 2 aromatic heterocycles. The van der Waals surface area contributed by atoms with E-state index in [1.165, 1.54) is 32.7 Å². The van der Waals surface area contributed by atoms with E-state index in [4.69, 9.17) is 15.0 Å². The molecule has 0 spiro atoms. The average Bonchev–Trinajstić information content (AvgIpc) is 3.58. The van der Waals surface area contributed by atoms with E-state index in [2.05, 4.69) is 162 Å². The Morgan fingerprint density at radius 1 is 0.283 bits per heavy atom.